The summed E-state index contributed by atoms with van der Waals surface area (Å²) in [7, 11) is 0. The van der Waals surface area contributed by atoms with Gasteiger partial charge in [0.25, 0.3) is 0 Å². The lowest BCUT2D eigenvalue weighted by molar-refractivity contribution is -0.203. The van der Waals surface area contributed by atoms with E-state index >= 15 is 0 Å². The summed E-state index contributed by atoms with van der Waals surface area (Å²) in [5, 5.41) is 11.9. The Morgan fingerprint density at radius 3 is 2.28 bits per heavy atom. The van der Waals surface area contributed by atoms with Crippen LogP contribution in [0.3, 0.4) is 0 Å². The van der Waals surface area contributed by atoms with Gasteiger partial charge in [-0.1, -0.05) is 58.9 Å². The molecule has 1 aliphatic heterocycles. The second kappa shape index (κ2) is 11.6. The second-order valence-electron chi connectivity index (χ2n) is 16.2. The maximum absolute atomic E-state index is 14.9. The average molecular weight is 633 g/mol. The van der Waals surface area contributed by atoms with Crippen LogP contribution < -0.4 is 0 Å². The van der Waals surface area contributed by atoms with Crippen LogP contribution >= 0.6 is 0 Å². The molecule has 250 valence electrons. The Bertz CT molecular complexity index is 1520. The number of hydrogen-bond donors (Lipinski definition) is 1. The van der Waals surface area contributed by atoms with Gasteiger partial charge in [-0.2, -0.15) is 0 Å². The number of fused-ring (bicyclic) bond motifs is 2. The molecule has 6 rings (SSSR count). The van der Waals surface area contributed by atoms with E-state index in [0.29, 0.717) is 19.3 Å². The number of ether oxygens (including phenoxy) is 3. The normalized spacial score (nSPS) is 29.6. The third kappa shape index (κ3) is 5.11. The van der Waals surface area contributed by atoms with Crippen LogP contribution in [0.5, 0.6) is 5.75 Å². The van der Waals surface area contributed by atoms with E-state index in [1.807, 2.05) is 32.9 Å². The Morgan fingerprint density at radius 1 is 0.957 bits per heavy atom. The molecule has 0 spiro atoms. The van der Waals surface area contributed by atoms with Gasteiger partial charge < -0.3 is 19.3 Å². The number of phenolic OH excluding ortho intramolecular Hbond substituents is 1. The standard InChI is InChI=1S/C39H52O7/c1-8-23(24-12-13-26-19-28(40)15-14-25(26)18-24)22-38(7,35(43)46-39(36(3,4)5)16-10-11-17-39)37(6,9-2)34(42)45-31-27-20-29-30(21-27)33(41)44-32(29)31/h12-15,18-19,23,27,29-32,40H,8-11,16-17,20-22H2,1-7H3. The van der Waals surface area contributed by atoms with Gasteiger partial charge in [-0.15, -0.1) is 0 Å². The van der Waals surface area contributed by atoms with Gasteiger partial charge in [0, 0.05) is 17.3 Å². The smallest absolute Gasteiger partial charge is 0.313 e. The Balaban J connectivity index is 1.36. The maximum atomic E-state index is 14.9. The number of hydrogen-bond acceptors (Lipinski definition) is 7. The van der Waals surface area contributed by atoms with Crippen molar-refractivity contribution in [3.8, 4) is 5.75 Å². The number of esters is 3. The molecule has 3 aliphatic carbocycles. The third-order valence-corrected chi connectivity index (χ3v) is 13.0. The largest absolute Gasteiger partial charge is 0.508 e. The summed E-state index contributed by atoms with van der Waals surface area (Å²) >= 11 is 0. The van der Waals surface area contributed by atoms with Crippen molar-refractivity contribution in [2.75, 3.05) is 0 Å². The molecule has 8 atom stereocenters. The molecule has 1 N–H and O–H groups in total. The lowest BCUT2D eigenvalue weighted by Crippen LogP contribution is -2.55. The van der Waals surface area contributed by atoms with Gasteiger partial charge >= 0.3 is 17.9 Å². The summed E-state index contributed by atoms with van der Waals surface area (Å²) in [6.45, 7) is 14.3. The molecule has 7 heteroatoms. The molecule has 4 fully saturated rings. The molecule has 1 saturated heterocycles. The van der Waals surface area contributed by atoms with Gasteiger partial charge in [0.2, 0.25) is 0 Å². The van der Waals surface area contributed by atoms with Gasteiger partial charge in [0.05, 0.1) is 16.7 Å². The van der Waals surface area contributed by atoms with E-state index in [1.165, 1.54) is 0 Å². The summed E-state index contributed by atoms with van der Waals surface area (Å²) in [4.78, 5) is 41.9. The van der Waals surface area contributed by atoms with Crippen molar-refractivity contribution in [1.82, 2.24) is 0 Å². The van der Waals surface area contributed by atoms with Crippen LogP contribution in [-0.2, 0) is 28.6 Å². The van der Waals surface area contributed by atoms with Gasteiger partial charge in [-0.25, -0.2) is 0 Å². The molecule has 0 radical (unpaired) electrons. The minimum atomic E-state index is -1.21. The molecule has 0 aromatic heterocycles. The van der Waals surface area contributed by atoms with Crippen molar-refractivity contribution < 1.29 is 33.7 Å². The SMILES string of the molecule is CCC(CC(C)(C(=O)OC1(C(C)(C)C)CCCC1)C(C)(CC)C(=O)OC1C2CC3C(=O)OC1C3C2)c1ccc2cc(O)ccc2c1. The Morgan fingerprint density at radius 2 is 1.63 bits per heavy atom. The van der Waals surface area contributed by atoms with Crippen molar-refractivity contribution in [2.24, 2.45) is 34.0 Å². The van der Waals surface area contributed by atoms with Crippen LogP contribution in [0.25, 0.3) is 10.8 Å². The van der Waals surface area contributed by atoms with E-state index in [4.69, 9.17) is 14.2 Å². The maximum Gasteiger partial charge on any atom is 0.313 e. The molecule has 2 aromatic rings. The molecule has 0 amide bonds. The van der Waals surface area contributed by atoms with Crippen molar-refractivity contribution in [3.05, 3.63) is 42.0 Å². The van der Waals surface area contributed by atoms with E-state index in [-0.39, 0.29) is 52.9 Å². The molecule has 2 bridgehead atoms. The highest BCUT2D eigenvalue weighted by Gasteiger charge is 2.65. The zero-order valence-electron chi connectivity index (χ0n) is 28.7. The number of carbonyl (C=O) groups is 3. The number of rotatable bonds is 10. The highest BCUT2D eigenvalue weighted by atomic mass is 16.6. The summed E-state index contributed by atoms with van der Waals surface area (Å²) in [5.74, 6) is -0.574. The Kier molecular flexibility index (Phi) is 8.25. The summed E-state index contributed by atoms with van der Waals surface area (Å²) < 4.78 is 18.8. The van der Waals surface area contributed by atoms with Gasteiger partial charge in [-0.05, 0) is 106 Å². The molecule has 4 aliphatic rings. The van der Waals surface area contributed by atoms with E-state index in [1.54, 1.807) is 12.1 Å². The van der Waals surface area contributed by atoms with Crippen LogP contribution in [-0.4, -0.2) is 40.8 Å². The molecule has 7 nitrogen and oxygen atoms in total. The van der Waals surface area contributed by atoms with Crippen LogP contribution in [0, 0.1) is 34.0 Å². The number of carbonyl (C=O) groups excluding carboxylic acids is 3. The molecule has 3 saturated carbocycles. The number of phenols is 1. The second-order valence-corrected chi connectivity index (χ2v) is 16.2. The van der Waals surface area contributed by atoms with Crippen LogP contribution in [0.4, 0.5) is 0 Å². The molecule has 8 unspecified atom stereocenters. The predicted molar refractivity (Wildman–Crippen MR) is 176 cm³/mol. The highest BCUT2D eigenvalue weighted by molar-refractivity contribution is 5.89. The summed E-state index contributed by atoms with van der Waals surface area (Å²) in [6, 6.07) is 11.5. The fourth-order valence-electron chi connectivity index (χ4n) is 9.35. The van der Waals surface area contributed by atoms with Gasteiger partial charge in [0.1, 0.15) is 23.6 Å². The fraction of sp³-hybridized carbons (Fsp3) is 0.667. The van der Waals surface area contributed by atoms with Gasteiger partial charge in [0.15, 0.2) is 0 Å². The van der Waals surface area contributed by atoms with Crippen molar-refractivity contribution >= 4 is 28.7 Å². The lowest BCUT2D eigenvalue weighted by Gasteiger charge is -2.48. The third-order valence-electron chi connectivity index (χ3n) is 13.0. The molecular weight excluding hydrogens is 580 g/mol. The zero-order chi connectivity index (χ0) is 33.2. The minimum Gasteiger partial charge on any atom is -0.508 e. The van der Waals surface area contributed by atoms with Gasteiger partial charge in [-0.3, -0.25) is 14.4 Å². The molecule has 46 heavy (non-hydrogen) atoms. The summed E-state index contributed by atoms with van der Waals surface area (Å²) in [5.41, 5.74) is -2.19. The van der Waals surface area contributed by atoms with E-state index < -0.39 is 28.5 Å². The van der Waals surface area contributed by atoms with Crippen molar-refractivity contribution in [1.29, 1.82) is 0 Å². The average Bonchev–Trinajstić information content (AvgIpc) is 3.78. The first kappa shape index (κ1) is 32.8. The lowest BCUT2D eigenvalue weighted by atomic mass is 9.59. The van der Waals surface area contributed by atoms with E-state index in [2.05, 4.69) is 39.8 Å². The molecule has 2 aromatic carbocycles. The number of aromatic hydroxyl groups is 1. The first-order valence-corrected chi connectivity index (χ1v) is 17.5. The first-order chi connectivity index (χ1) is 21.7. The van der Waals surface area contributed by atoms with Crippen molar-refractivity contribution in [3.63, 3.8) is 0 Å². The monoisotopic (exact) mass is 632 g/mol. The minimum absolute atomic E-state index is 0.0392. The van der Waals surface area contributed by atoms with E-state index in [0.717, 1.165) is 54.9 Å². The van der Waals surface area contributed by atoms with Crippen molar-refractivity contribution in [2.45, 2.75) is 130 Å². The highest BCUT2D eigenvalue weighted by Crippen LogP contribution is 2.58. The first-order valence-electron chi connectivity index (χ1n) is 17.5. The summed E-state index contributed by atoms with van der Waals surface area (Å²) in [6.07, 6.45) is 5.86. The van der Waals surface area contributed by atoms with E-state index in [9.17, 15) is 19.5 Å². The topological polar surface area (TPSA) is 99.1 Å². The van der Waals surface area contributed by atoms with Crippen LogP contribution in [0.2, 0.25) is 0 Å². The fourth-order valence-corrected chi connectivity index (χ4v) is 9.35. The molecular formula is C39H52O7. The molecule has 1 heterocycles. The van der Waals surface area contributed by atoms with Crippen LogP contribution in [0.1, 0.15) is 118 Å². The Labute approximate surface area is 273 Å². The van der Waals surface area contributed by atoms with Crippen LogP contribution in [0.15, 0.2) is 36.4 Å². The Hall–Kier alpha value is -3.09. The quantitative estimate of drug-likeness (QED) is 0.208. The number of benzene rings is 2. The zero-order valence-corrected chi connectivity index (χ0v) is 28.7. The predicted octanol–water partition coefficient (Wildman–Crippen LogP) is 8.25.